The number of rotatable bonds is 12. The SMILES string of the molecule is CCNC(=O)COc1ccc(NC(=O)C(CCSC)NC(=O)c2cccc([N+](=O)[O-])c2)cc1. The molecular formula is C22H26N4O6S. The molecule has 176 valence electrons. The molecule has 11 heteroatoms. The molecule has 0 bridgehead atoms. The number of hydrogen-bond acceptors (Lipinski definition) is 7. The molecule has 0 radical (unpaired) electrons. The summed E-state index contributed by atoms with van der Waals surface area (Å²) in [6, 6.07) is 11.0. The quantitative estimate of drug-likeness (QED) is 0.317. The third-order valence-corrected chi connectivity index (χ3v) is 5.06. The molecule has 1 atom stereocenters. The van der Waals surface area contributed by atoms with Gasteiger partial charge >= 0.3 is 0 Å². The molecule has 33 heavy (non-hydrogen) atoms. The van der Waals surface area contributed by atoms with Crippen molar-refractivity contribution in [2.45, 2.75) is 19.4 Å². The minimum atomic E-state index is -0.835. The van der Waals surface area contributed by atoms with Crippen molar-refractivity contribution >= 4 is 40.9 Å². The number of carbonyl (C=O) groups excluding carboxylic acids is 3. The second kappa shape index (κ2) is 13.1. The summed E-state index contributed by atoms with van der Waals surface area (Å²) < 4.78 is 5.38. The number of nitro groups is 1. The Hall–Kier alpha value is -3.60. The van der Waals surface area contributed by atoms with Crippen LogP contribution < -0.4 is 20.7 Å². The summed E-state index contributed by atoms with van der Waals surface area (Å²) in [7, 11) is 0. The number of ether oxygens (including phenoxy) is 1. The van der Waals surface area contributed by atoms with Crippen LogP contribution in [-0.4, -0.2) is 53.8 Å². The van der Waals surface area contributed by atoms with Gasteiger partial charge in [-0.25, -0.2) is 0 Å². The zero-order valence-electron chi connectivity index (χ0n) is 18.3. The number of non-ortho nitro benzene ring substituents is 1. The summed E-state index contributed by atoms with van der Waals surface area (Å²) in [5.41, 5.74) is 0.381. The summed E-state index contributed by atoms with van der Waals surface area (Å²) in [4.78, 5) is 47.2. The van der Waals surface area contributed by atoms with E-state index in [2.05, 4.69) is 16.0 Å². The number of hydrogen-bond donors (Lipinski definition) is 3. The van der Waals surface area contributed by atoms with E-state index < -0.39 is 22.8 Å². The Morgan fingerprint density at radius 1 is 1.15 bits per heavy atom. The highest BCUT2D eigenvalue weighted by atomic mass is 32.2. The van der Waals surface area contributed by atoms with Crippen LogP contribution in [0.25, 0.3) is 0 Å². The Morgan fingerprint density at radius 2 is 1.88 bits per heavy atom. The third-order valence-electron chi connectivity index (χ3n) is 4.42. The average molecular weight is 475 g/mol. The van der Waals surface area contributed by atoms with Gasteiger partial charge in [0.05, 0.1) is 4.92 Å². The zero-order valence-corrected chi connectivity index (χ0v) is 19.1. The normalized spacial score (nSPS) is 11.2. The molecule has 3 amide bonds. The van der Waals surface area contributed by atoms with Crippen molar-refractivity contribution in [2.75, 3.05) is 30.5 Å². The second-order valence-electron chi connectivity index (χ2n) is 6.87. The van der Waals surface area contributed by atoms with Gasteiger partial charge in [0.2, 0.25) is 5.91 Å². The largest absolute Gasteiger partial charge is 0.484 e. The van der Waals surface area contributed by atoms with Crippen LogP contribution in [0.1, 0.15) is 23.7 Å². The molecular weight excluding hydrogens is 448 g/mol. The number of nitro benzene ring substituents is 1. The summed E-state index contributed by atoms with van der Waals surface area (Å²) >= 11 is 1.53. The van der Waals surface area contributed by atoms with Crippen molar-refractivity contribution in [1.82, 2.24) is 10.6 Å². The Balaban J connectivity index is 2.02. The monoisotopic (exact) mass is 474 g/mol. The predicted molar refractivity (Wildman–Crippen MR) is 127 cm³/mol. The van der Waals surface area contributed by atoms with Gasteiger partial charge in [-0.05, 0) is 55.7 Å². The van der Waals surface area contributed by atoms with E-state index in [0.29, 0.717) is 30.2 Å². The van der Waals surface area contributed by atoms with Crippen LogP contribution in [0.2, 0.25) is 0 Å². The van der Waals surface area contributed by atoms with E-state index in [1.165, 1.54) is 36.0 Å². The van der Waals surface area contributed by atoms with Gasteiger partial charge in [-0.15, -0.1) is 0 Å². The number of nitrogens with zero attached hydrogens (tertiary/aromatic N) is 1. The number of anilines is 1. The van der Waals surface area contributed by atoms with Gasteiger partial charge in [-0.3, -0.25) is 24.5 Å². The average Bonchev–Trinajstić information content (AvgIpc) is 2.81. The molecule has 0 aliphatic heterocycles. The minimum Gasteiger partial charge on any atom is -0.484 e. The fourth-order valence-electron chi connectivity index (χ4n) is 2.77. The highest BCUT2D eigenvalue weighted by Crippen LogP contribution is 2.17. The van der Waals surface area contributed by atoms with E-state index in [-0.39, 0.29) is 23.8 Å². The van der Waals surface area contributed by atoms with Crippen LogP contribution in [0.4, 0.5) is 11.4 Å². The molecule has 3 N–H and O–H groups in total. The molecule has 0 saturated carbocycles. The standard InChI is InChI=1S/C22H26N4O6S/c1-3-23-20(27)14-32-18-9-7-16(8-10-18)24-22(29)19(11-12-33-2)25-21(28)15-5-4-6-17(13-15)26(30)31/h4-10,13,19H,3,11-12,14H2,1-2H3,(H,23,27)(H,24,29)(H,25,28). The molecule has 0 saturated heterocycles. The van der Waals surface area contributed by atoms with E-state index >= 15 is 0 Å². The lowest BCUT2D eigenvalue weighted by atomic mass is 10.1. The Labute approximate surface area is 195 Å². The molecule has 0 heterocycles. The molecule has 10 nitrogen and oxygen atoms in total. The maximum atomic E-state index is 12.8. The molecule has 0 aromatic heterocycles. The zero-order chi connectivity index (χ0) is 24.2. The first-order valence-corrected chi connectivity index (χ1v) is 11.6. The number of carbonyl (C=O) groups is 3. The van der Waals surface area contributed by atoms with Gasteiger partial charge < -0.3 is 20.7 Å². The summed E-state index contributed by atoms with van der Waals surface area (Å²) in [5, 5.41) is 19.0. The Morgan fingerprint density at radius 3 is 2.52 bits per heavy atom. The summed E-state index contributed by atoms with van der Waals surface area (Å²) in [5.74, 6) is -0.129. The van der Waals surface area contributed by atoms with Crippen LogP contribution in [0.15, 0.2) is 48.5 Å². The molecule has 0 aliphatic rings. The van der Waals surface area contributed by atoms with Crippen LogP contribution in [-0.2, 0) is 9.59 Å². The molecule has 0 spiro atoms. The van der Waals surface area contributed by atoms with Crippen molar-refractivity contribution in [2.24, 2.45) is 0 Å². The van der Waals surface area contributed by atoms with Gasteiger partial charge in [0.25, 0.3) is 17.5 Å². The smallest absolute Gasteiger partial charge is 0.270 e. The van der Waals surface area contributed by atoms with Gasteiger partial charge in [-0.1, -0.05) is 6.07 Å². The highest BCUT2D eigenvalue weighted by molar-refractivity contribution is 7.98. The topological polar surface area (TPSA) is 140 Å². The highest BCUT2D eigenvalue weighted by Gasteiger charge is 2.22. The summed E-state index contributed by atoms with van der Waals surface area (Å²) in [6.07, 6.45) is 2.26. The lowest BCUT2D eigenvalue weighted by Crippen LogP contribution is -2.44. The Bertz CT molecular complexity index is 983. The van der Waals surface area contributed by atoms with Gasteiger partial charge in [0, 0.05) is 29.9 Å². The first-order valence-electron chi connectivity index (χ1n) is 10.2. The van der Waals surface area contributed by atoms with Gasteiger partial charge in [-0.2, -0.15) is 11.8 Å². The lowest BCUT2D eigenvalue weighted by molar-refractivity contribution is -0.384. The van der Waals surface area contributed by atoms with E-state index in [4.69, 9.17) is 4.74 Å². The van der Waals surface area contributed by atoms with Crippen molar-refractivity contribution < 1.29 is 24.0 Å². The van der Waals surface area contributed by atoms with Crippen LogP contribution in [0, 0.1) is 10.1 Å². The molecule has 0 fully saturated rings. The minimum absolute atomic E-state index is 0.0970. The van der Waals surface area contributed by atoms with E-state index in [1.807, 2.05) is 13.2 Å². The maximum absolute atomic E-state index is 12.8. The van der Waals surface area contributed by atoms with Crippen LogP contribution >= 0.6 is 11.8 Å². The lowest BCUT2D eigenvalue weighted by Gasteiger charge is -2.18. The Kier molecular flexibility index (Phi) is 10.2. The molecule has 2 rings (SSSR count). The number of benzene rings is 2. The van der Waals surface area contributed by atoms with Crippen molar-refractivity contribution in [3.05, 3.63) is 64.2 Å². The van der Waals surface area contributed by atoms with Crippen molar-refractivity contribution in [3.63, 3.8) is 0 Å². The van der Waals surface area contributed by atoms with Crippen LogP contribution in [0.3, 0.4) is 0 Å². The second-order valence-corrected chi connectivity index (χ2v) is 7.86. The number of thioether (sulfide) groups is 1. The molecule has 2 aromatic rings. The summed E-state index contributed by atoms with van der Waals surface area (Å²) in [6.45, 7) is 2.22. The fourth-order valence-corrected chi connectivity index (χ4v) is 3.24. The van der Waals surface area contributed by atoms with E-state index in [9.17, 15) is 24.5 Å². The maximum Gasteiger partial charge on any atom is 0.270 e. The fraction of sp³-hybridized carbons (Fsp3) is 0.318. The first-order chi connectivity index (χ1) is 15.8. The first kappa shape index (κ1) is 25.7. The van der Waals surface area contributed by atoms with E-state index in [0.717, 1.165) is 0 Å². The molecule has 1 unspecified atom stereocenters. The number of amides is 3. The van der Waals surface area contributed by atoms with Crippen molar-refractivity contribution in [3.8, 4) is 5.75 Å². The van der Waals surface area contributed by atoms with Gasteiger partial charge in [0.15, 0.2) is 6.61 Å². The third kappa shape index (κ3) is 8.45. The van der Waals surface area contributed by atoms with Crippen LogP contribution in [0.5, 0.6) is 5.75 Å². The van der Waals surface area contributed by atoms with Gasteiger partial charge in [0.1, 0.15) is 11.8 Å². The molecule has 0 aliphatic carbocycles. The predicted octanol–water partition coefficient (Wildman–Crippen LogP) is 2.60. The van der Waals surface area contributed by atoms with E-state index in [1.54, 1.807) is 24.3 Å². The number of likely N-dealkylation sites (N-methyl/N-ethyl adjacent to an activating group) is 1. The molecule has 2 aromatic carbocycles. The van der Waals surface area contributed by atoms with Crippen molar-refractivity contribution in [1.29, 1.82) is 0 Å². The number of nitrogens with one attached hydrogen (secondary N) is 3.